The summed E-state index contributed by atoms with van der Waals surface area (Å²) in [6, 6.07) is 0. The molecule has 1 aliphatic heterocycles. The monoisotopic (exact) mass is 278 g/mol. The fraction of sp³-hybridized carbons (Fsp3) is 0.909. The van der Waals surface area contributed by atoms with Crippen LogP contribution in [0.25, 0.3) is 0 Å². The van der Waals surface area contributed by atoms with Crippen LogP contribution in [0.4, 0.5) is 0 Å². The van der Waals surface area contributed by atoms with Gasteiger partial charge in [-0.05, 0) is 26.9 Å². The van der Waals surface area contributed by atoms with E-state index >= 15 is 0 Å². The maximum Gasteiger partial charge on any atom is 0.326 e. The van der Waals surface area contributed by atoms with Gasteiger partial charge in [-0.2, -0.15) is 0 Å². The van der Waals surface area contributed by atoms with Gasteiger partial charge in [-0.1, -0.05) is 0 Å². The highest BCUT2D eigenvalue weighted by Gasteiger charge is 2.43. The minimum atomic E-state index is -3.00. The molecule has 1 saturated heterocycles. The zero-order valence-corrected chi connectivity index (χ0v) is 12.0. The number of sulfone groups is 1. The highest BCUT2D eigenvalue weighted by atomic mass is 32.2. The quantitative estimate of drug-likeness (QED) is 0.668. The second-order valence-electron chi connectivity index (χ2n) is 4.96. The zero-order valence-electron chi connectivity index (χ0n) is 11.2. The summed E-state index contributed by atoms with van der Waals surface area (Å²) in [6.07, 6.45) is 0.574. The van der Waals surface area contributed by atoms with E-state index in [2.05, 4.69) is 5.32 Å². The van der Waals surface area contributed by atoms with Crippen molar-refractivity contribution in [2.75, 3.05) is 45.8 Å². The van der Waals surface area contributed by atoms with Gasteiger partial charge < -0.3 is 15.0 Å². The number of methoxy groups -OCH3 is 1. The lowest BCUT2D eigenvalue weighted by Gasteiger charge is -2.35. The van der Waals surface area contributed by atoms with Crippen LogP contribution >= 0.6 is 0 Å². The molecular weight excluding hydrogens is 256 g/mol. The predicted molar refractivity (Wildman–Crippen MR) is 69.2 cm³/mol. The van der Waals surface area contributed by atoms with Crippen molar-refractivity contribution >= 4 is 15.8 Å². The van der Waals surface area contributed by atoms with Gasteiger partial charge >= 0.3 is 5.97 Å². The fourth-order valence-corrected chi connectivity index (χ4v) is 3.58. The van der Waals surface area contributed by atoms with Crippen LogP contribution in [0.2, 0.25) is 0 Å². The van der Waals surface area contributed by atoms with E-state index in [9.17, 15) is 13.2 Å². The fourth-order valence-electron chi connectivity index (χ4n) is 2.05. The molecule has 1 aliphatic rings. The third-order valence-corrected chi connectivity index (χ3v) is 4.93. The van der Waals surface area contributed by atoms with Crippen LogP contribution in [0.5, 0.6) is 0 Å². The lowest BCUT2D eigenvalue weighted by atomic mass is 9.92. The van der Waals surface area contributed by atoms with Crippen molar-refractivity contribution in [2.24, 2.45) is 0 Å². The van der Waals surface area contributed by atoms with Crippen LogP contribution in [0.1, 0.15) is 12.8 Å². The summed E-state index contributed by atoms with van der Waals surface area (Å²) in [7, 11) is 2.22. The maximum atomic E-state index is 11.9. The van der Waals surface area contributed by atoms with E-state index in [4.69, 9.17) is 4.74 Å². The molecule has 1 fully saturated rings. The molecule has 0 atom stereocenters. The minimum absolute atomic E-state index is 0.0388. The third kappa shape index (κ3) is 3.93. The number of ether oxygens (including phenoxy) is 1. The summed E-state index contributed by atoms with van der Waals surface area (Å²) >= 11 is 0. The molecule has 0 bridgehead atoms. The summed E-state index contributed by atoms with van der Waals surface area (Å²) in [5.74, 6) is -0.287. The van der Waals surface area contributed by atoms with Gasteiger partial charge in [0.25, 0.3) is 0 Å². The molecule has 106 valence electrons. The maximum absolute atomic E-state index is 11.9. The Morgan fingerprint density at radius 1 is 1.33 bits per heavy atom. The van der Waals surface area contributed by atoms with Crippen molar-refractivity contribution < 1.29 is 17.9 Å². The summed E-state index contributed by atoms with van der Waals surface area (Å²) in [6.45, 7) is 1.41. The third-order valence-electron chi connectivity index (χ3n) is 3.28. The molecule has 1 rings (SSSR count). The standard InChI is InChI=1S/C11H22N2O4S/c1-13(2)7-6-12-11(10(14)17-3)4-8-18(15,16)9-5-11/h12H,4-9H2,1-3H3. The highest BCUT2D eigenvalue weighted by Crippen LogP contribution is 2.25. The molecular formula is C11H22N2O4S. The van der Waals surface area contributed by atoms with Gasteiger partial charge in [0, 0.05) is 13.1 Å². The largest absolute Gasteiger partial charge is 0.468 e. The minimum Gasteiger partial charge on any atom is -0.468 e. The first-order valence-corrected chi connectivity index (χ1v) is 7.82. The van der Waals surface area contributed by atoms with E-state index in [1.165, 1.54) is 7.11 Å². The van der Waals surface area contributed by atoms with Gasteiger partial charge in [-0.3, -0.25) is 4.79 Å². The molecule has 18 heavy (non-hydrogen) atoms. The second kappa shape index (κ2) is 5.99. The summed E-state index contributed by atoms with van der Waals surface area (Å²) in [5.41, 5.74) is -0.837. The van der Waals surface area contributed by atoms with Crippen LogP contribution < -0.4 is 5.32 Å². The van der Waals surface area contributed by atoms with E-state index in [-0.39, 0.29) is 30.3 Å². The SMILES string of the molecule is COC(=O)C1(NCCN(C)C)CCS(=O)(=O)CC1. The second-order valence-corrected chi connectivity index (χ2v) is 7.26. The Morgan fingerprint density at radius 2 is 1.89 bits per heavy atom. The Morgan fingerprint density at radius 3 is 2.33 bits per heavy atom. The number of esters is 1. The van der Waals surface area contributed by atoms with Crippen molar-refractivity contribution in [3.05, 3.63) is 0 Å². The molecule has 0 saturated carbocycles. The average Bonchev–Trinajstić information content (AvgIpc) is 2.30. The van der Waals surface area contributed by atoms with Crippen LogP contribution in [-0.4, -0.2) is 70.6 Å². The Kier molecular flexibility index (Phi) is 5.12. The van der Waals surface area contributed by atoms with Crippen molar-refractivity contribution in [1.29, 1.82) is 0 Å². The summed E-state index contributed by atoms with van der Waals surface area (Å²) in [4.78, 5) is 13.9. The van der Waals surface area contributed by atoms with Gasteiger partial charge in [-0.25, -0.2) is 8.42 Å². The first-order valence-electron chi connectivity index (χ1n) is 6.00. The van der Waals surface area contributed by atoms with Crippen molar-refractivity contribution in [1.82, 2.24) is 10.2 Å². The summed E-state index contributed by atoms with van der Waals surface area (Å²) in [5, 5.41) is 3.17. The van der Waals surface area contributed by atoms with E-state index in [0.29, 0.717) is 6.54 Å². The first kappa shape index (κ1) is 15.4. The Labute approximate surface area is 109 Å². The van der Waals surface area contributed by atoms with E-state index in [0.717, 1.165) is 6.54 Å². The number of carbonyl (C=O) groups is 1. The van der Waals surface area contributed by atoms with Gasteiger partial charge in [0.1, 0.15) is 15.4 Å². The molecule has 6 nitrogen and oxygen atoms in total. The molecule has 0 aromatic heterocycles. The van der Waals surface area contributed by atoms with E-state index < -0.39 is 15.4 Å². The number of rotatable bonds is 5. The summed E-state index contributed by atoms with van der Waals surface area (Å²) < 4.78 is 27.7. The molecule has 7 heteroatoms. The van der Waals surface area contributed by atoms with Crippen LogP contribution in [0, 0.1) is 0 Å². The Bertz CT molecular complexity index is 378. The molecule has 0 amide bonds. The molecule has 0 spiro atoms. The molecule has 0 aromatic rings. The van der Waals surface area contributed by atoms with Gasteiger partial charge in [0.15, 0.2) is 0 Å². The van der Waals surface area contributed by atoms with E-state index in [1.54, 1.807) is 0 Å². The van der Waals surface area contributed by atoms with E-state index in [1.807, 2.05) is 19.0 Å². The average molecular weight is 278 g/mol. The first-order chi connectivity index (χ1) is 8.31. The topological polar surface area (TPSA) is 75.7 Å². The number of nitrogens with zero attached hydrogens (tertiary/aromatic N) is 1. The van der Waals surface area contributed by atoms with Crippen LogP contribution in [0.3, 0.4) is 0 Å². The number of carbonyl (C=O) groups excluding carboxylic acids is 1. The van der Waals surface area contributed by atoms with Crippen molar-refractivity contribution in [3.63, 3.8) is 0 Å². The van der Waals surface area contributed by atoms with Gasteiger partial charge in [0.05, 0.1) is 18.6 Å². The molecule has 1 N–H and O–H groups in total. The van der Waals surface area contributed by atoms with Crippen LogP contribution in [-0.2, 0) is 19.4 Å². The van der Waals surface area contributed by atoms with Gasteiger partial charge in [-0.15, -0.1) is 0 Å². The van der Waals surface area contributed by atoms with Gasteiger partial charge in [0.2, 0.25) is 0 Å². The molecule has 0 aromatic carbocycles. The number of hydrogen-bond donors (Lipinski definition) is 1. The lowest BCUT2D eigenvalue weighted by molar-refractivity contribution is -0.149. The number of hydrogen-bond acceptors (Lipinski definition) is 6. The number of likely N-dealkylation sites (N-methyl/N-ethyl adjacent to an activating group) is 1. The highest BCUT2D eigenvalue weighted by molar-refractivity contribution is 7.91. The smallest absolute Gasteiger partial charge is 0.326 e. The Balaban J connectivity index is 2.69. The van der Waals surface area contributed by atoms with Crippen molar-refractivity contribution in [3.8, 4) is 0 Å². The zero-order chi connectivity index (χ0) is 13.8. The normalized spacial score (nSPS) is 21.8. The molecule has 0 radical (unpaired) electrons. The lowest BCUT2D eigenvalue weighted by Crippen LogP contribution is -2.58. The molecule has 1 heterocycles. The molecule has 0 unspecified atom stereocenters. The number of nitrogens with one attached hydrogen (secondary N) is 1. The van der Waals surface area contributed by atoms with Crippen LogP contribution in [0.15, 0.2) is 0 Å². The Hall–Kier alpha value is -0.660. The van der Waals surface area contributed by atoms with Crippen molar-refractivity contribution in [2.45, 2.75) is 18.4 Å². The predicted octanol–water partition coefficient (Wildman–Crippen LogP) is -0.742. The molecule has 0 aliphatic carbocycles.